The number of amides is 1. The first-order valence-electron chi connectivity index (χ1n) is 9.16. The lowest BCUT2D eigenvalue weighted by Gasteiger charge is -2.05. The zero-order valence-corrected chi connectivity index (χ0v) is 15.8. The lowest BCUT2D eigenvalue weighted by atomic mass is 10.1. The standard InChI is InChI=1S/C24H29NO2/c1-22-17-13-9-5-2-3-6-10-14-18-23(26)19-15-11-7-4-8-12-16-20-24(27)25-21-22/h2-18,20,22-23,26H,19,21H2,1H3,(H,25,27)/b3-2-,7-4-,9-5-,10-6+,12-8+,15-11-,17-13-,18-14+,20-16-/t22-,23+/m1/s1. The third-order valence-corrected chi connectivity index (χ3v) is 3.47. The molecule has 2 atom stereocenters. The maximum absolute atomic E-state index is 11.7. The minimum Gasteiger partial charge on any atom is -0.389 e. The van der Waals surface area contributed by atoms with Crippen molar-refractivity contribution < 1.29 is 9.90 Å². The molecule has 1 rings (SSSR count). The lowest BCUT2D eigenvalue weighted by molar-refractivity contribution is -0.116. The molecular formula is C24H29NO2. The van der Waals surface area contributed by atoms with Crippen molar-refractivity contribution in [1.29, 1.82) is 0 Å². The highest BCUT2D eigenvalue weighted by molar-refractivity contribution is 5.87. The lowest BCUT2D eigenvalue weighted by Crippen LogP contribution is -2.25. The average Bonchev–Trinajstić information content (AvgIpc) is 2.65. The molecule has 1 aliphatic heterocycles. The van der Waals surface area contributed by atoms with Crippen molar-refractivity contribution in [3.8, 4) is 0 Å². The summed E-state index contributed by atoms with van der Waals surface area (Å²) in [4.78, 5) is 11.7. The largest absolute Gasteiger partial charge is 0.389 e. The Bertz CT molecular complexity index is 685. The molecule has 0 bridgehead atoms. The number of aliphatic hydroxyl groups is 1. The summed E-state index contributed by atoms with van der Waals surface area (Å²) in [5, 5.41) is 12.7. The van der Waals surface area contributed by atoms with Crippen LogP contribution in [-0.2, 0) is 4.79 Å². The third kappa shape index (κ3) is 14.0. The number of carbonyl (C=O) groups is 1. The molecule has 0 saturated carbocycles. The topological polar surface area (TPSA) is 49.3 Å². The fourth-order valence-electron chi connectivity index (χ4n) is 1.99. The van der Waals surface area contributed by atoms with Gasteiger partial charge in [-0.3, -0.25) is 4.79 Å². The molecule has 0 unspecified atom stereocenters. The molecule has 0 aliphatic carbocycles. The highest BCUT2D eigenvalue weighted by Crippen LogP contribution is 1.98. The molecule has 2 N–H and O–H groups in total. The van der Waals surface area contributed by atoms with E-state index in [-0.39, 0.29) is 11.8 Å². The Morgan fingerprint density at radius 3 is 1.96 bits per heavy atom. The fourth-order valence-corrected chi connectivity index (χ4v) is 1.99. The van der Waals surface area contributed by atoms with E-state index in [1.54, 1.807) is 18.2 Å². The Balaban J connectivity index is 2.70. The number of aliphatic hydroxyl groups excluding tert-OH is 1. The molecule has 1 aliphatic rings. The number of carbonyl (C=O) groups excluding carboxylic acids is 1. The Morgan fingerprint density at radius 1 is 0.778 bits per heavy atom. The van der Waals surface area contributed by atoms with Crippen LogP contribution in [0.5, 0.6) is 0 Å². The average molecular weight is 364 g/mol. The van der Waals surface area contributed by atoms with Crippen molar-refractivity contribution in [2.75, 3.05) is 6.54 Å². The minimum absolute atomic E-state index is 0.106. The third-order valence-electron chi connectivity index (χ3n) is 3.47. The van der Waals surface area contributed by atoms with Crippen molar-refractivity contribution in [3.63, 3.8) is 0 Å². The molecule has 3 heteroatoms. The molecule has 0 aromatic rings. The van der Waals surface area contributed by atoms with Crippen LogP contribution >= 0.6 is 0 Å². The van der Waals surface area contributed by atoms with Gasteiger partial charge in [0, 0.05) is 12.6 Å². The fraction of sp³-hybridized carbons (Fsp3) is 0.208. The maximum Gasteiger partial charge on any atom is 0.243 e. The quantitative estimate of drug-likeness (QED) is 0.665. The smallest absolute Gasteiger partial charge is 0.243 e. The van der Waals surface area contributed by atoms with E-state index in [0.717, 1.165) is 0 Å². The summed E-state index contributed by atoms with van der Waals surface area (Å²) in [6.45, 7) is 2.65. The molecule has 3 nitrogen and oxygen atoms in total. The summed E-state index contributed by atoms with van der Waals surface area (Å²) in [5.74, 6) is 0.147. The predicted octanol–water partition coefficient (Wildman–Crippen LogP) is 4.51. The highest BCUT2D eigenvalue weighted by Gasteiger charge is 1.98. The minimum atomic E-state index is -0.502. The van der Waals surface area contributed by atoms with Gasteiger partial charge in [-0.25, -0.2) is 0 Å². The molecule has 0 spiro atoms. The number of nitrogens with one attached hydrogen (secondary N) is 1. The van der Waals surface area contributed by atoms with E-state index >= 15 is 0 Å². The van der Waals surface area contributed by atoms with Gasteiger partial charge in [0.1, 0.15) is 0 Å². The summed E-state index contributed by atoms with van der Waals surface area (Å²) >= 11 is 0. The second-order valence-electron chi connectivity index (χ2n) is 6.01. The monoisotopic (exact) mass is 363 g/mol. The molecule has 0 saturated heterocycles. The maximum atomic E-state index is 11.7. The predicted molar refractivity (Wildman–Crippen MR) is 115 cm³/mol. The van der Waals surface area contributed by atoms with Crippen LogP contribution in [-0.4, -0.2) is 23.7 Å². The highest BCUT2D eigenvalue weighted by atomic mass is 16.3. The molecular weight excluding hydrogens is 334 g/mol. The second kappa shape index (κ2) is 15.4. The van der Waals surface area contributed by atoms with Gasteiger partial charge in [0.25, 0.3) is 0 Å². The number of rotatable bonds is 0. The summed E-state index contributed by atoms with van der Waals surface area (Å²) in [7, 11) is 0. The van der Waals surface area contributed by atoms with Crippen LogP contribution in [0.2, 0.25) is 0 Å². The van der Waals surface area contributed by atoms with Crippen molar-refractivity contribution in [2.45, 2.75) is 19.4 Å². The van der Waals surface area contributed by atoms with E-state index in [2.05, 4.69) is 12.2 Å². The number of hydrogen-bond acceptors (Lipinski definition) is 2. The summed E-state index contributed by atoms with van der Waals surface area (Å²) < 4.78 is 0. The van der Waals surface area contributed by atoms with Crippen LogP contribution < -0.4 is 5.32 Å². The summed E-state index contributed by atoms with van der Waals surface area (Å²) in [6, 6.07) is 0. The van der Waals surface area contributed by atoms with Gasteiger partial charge in [0.15, 0.2) is 0 Å². The second-order valence-corrected chi connectivity index (χ2v) is 6.01. The van der Waals surface area contributed by atoms with E-state index in [9.17, 15) is 9.90 Å². The molecule has 0 radical (unpaired) electrons. The van der Waals surface area contributed by atoms with Gasteiger partial charge < -0.3 is 10.4 Å². The number of hydrogen-bond donors (Lipinski definition) is 2. The van der Waals surface area contributed by atoms with Crippen LogP contribution in [0.3, 0.4) is 0 Å². The number of allylic oxidation sites excluding steroid dienone is 14. The molecule has 142 valence electrons. The first-order chi connectivity index (χ1) is 13.2. The first-order valence-corrected chi connectivity index (χ1v) is 9.16. The Hall–Kier alpha value is -2.91. The van der Waals surface area contributed by atoms with Crippen LogP contribution in [0, 0.1) is 5.92 Å². The van der Waals surface area contributed by atoms with Gasteiger partial charge in [-0.05, 0) is 12.3 Å². The molecule has 27 heavy (non-hydrogen) atoms. The van der Waals surface area contributed by atoms with Crippen molar-refractivity contribution in [3.05, 3.63) is 109 Å². The summed E-state index contributed by atoms with van der Waals surface area (Å²) in [6.07, 6.45) is 33.6. The van der Waals surface area contributed by atoms with Crippen molar-refractivity contribution in [1.82, 2.24) is 5.32 Å². The van der Waals surface area contributed by atoms with Crippen molar-refractivity contribution in [2.24, 2.45) is 5.92 Å². The van der Waals surface area contributed by atoms with Crippen molar-refractivity contribution >= 4 is 5.91 Å². The summed E-state index contributed by atoms with van der Waals surface area (Å²) in [5.41, 5.74) is 0. The van der Waals surface area contributed by atoms with Gasteiger partial charge in [-0.1, -0.05) is 110 Å². The normalized spacial score (nSPS) is 33.3. The van der Waals surface area contributed by atoms with Crippen LogP contribution in [0.15, 0.2) is 109 Å². The Labute approximate surface area is 162 Å². The Morgan fingerprint density at radius 2 is 1.30 bits per heavy atom. The van der Waals surface area contributed by atoms with Gasteiger partial charge in [0.05, 0.1) is 6.10 Å². The molecule has 1 amide bonds. The van der Waals surface area contributed by atoms with Crippen LogP contribution in [0.25, 0.3) is 0 Å². The van der Waals surface area contributed by atoms with E-state index in [0.29, 0.717) is 13.0 Å². The zero-order valence-electron chi connectivity index (χ0n) is 15.8. The molecule has 0 fully saturated rings. The SMILES string of the molecule is C[C@@H]1\C=C/C=C\C=C/C=C/C=C/[C@H](O)C\C=C/C=C\C=C\C=C/C(=O)NC1. The van der Waals surface area contributed by atoms with Gasteiger partial charge >= 0.3 is 0 Å². The first kappa shape index (κ1) is 22.1. The Kier molecular flexibility index (Phi) is 12.6. The van der Waals surface area contributed by atoms with E-state index in [1.807, 2.05) is 85.1 Å². The zero-order chi connectivity index (χ0) is 19.6. The van der Waals surface area contributed by atoms with Gasteiger partial charge in [-0.2, -0.15) is 0 Å². The van der Waals surface area contributed by atoms with Crippen LogP contribution in [0.4, 0.5) is 0 Å². The molecule has 0 aromatic carbocycles. The van der Waals surface area contributed by atoms with Gasteiger partial charge in [-0.15, -0.1) is 0 Å². The van der Waals surface area contributed by atoms with E-state index < -0.39 is 6.10 Å². The molecule has 0 aromatic heterocycles. The molecule has 1 heterocycles. The van der Waals surface area contributed by atoms with E-state index in [4.69, 9.17) is 0 Å². The van der Waals surface area contributed by atoms with E-state index in [1.165, 1.54) is 6.08 Å². The van der Waals surface area contributed by atoms with Crippen LogP contribution in [0.1, 0.15) is 13.3 Å². The van der Waals surface area contributed by atoms with Gasteiger partial charge in [0.2, 0.25) is 5.91 Å².